The molecule has 0 aliphatic carbocycles. The molecule has 0 bridgehead atoms. The summed E-state index contributed by atoms with van der Waals surface area (Å²) in [6.07, 6.45) is 0.610. The molecular formula is C11H11BrN2O2S2. The first-order valence-corrected chi connectivity index (χ1v) is 7.81. The molecule has 4 nitrogen and oxygen atoms in total. The predicted octanol–water partition coefficient (Wildman–Crippen LogP) is 3.60. The van der Waals surface area contributed by atoms with Crippen molar-refractivity contribution in [1.82, 2.24) is 4.98 Å². The molecule has 0 radical (unpaired) electrons. The highest BCUT2D eigenvalue weighted by atomic mass is 79.9. The summed E-state index contributed by atoms with van der Waals surface area (Å²) >= 11 is 6.60. The number of aromatic nitrogens is 1. The van der Waals surface area contributed by atoms with E-state index in [0.717, 1.165) is 21.8 Å². The zero-order valence-electron chi connectivity index (χ0n) is 9.35. The van der Waals surface area contributed by atoms with Crippen molar-refractivity contribution in [2.45, 2.75) is 19.4 Å². The number of carboxylic acids is 1. The van der Waals surface area contributed by atoms with Crippen molar-refractivity contribution in [3.05, 3.63) is 31.9 Å². The molecule has 0 aliphatic heterocycles. The zero-order chi connectivity index (χ0) is 13.0. The molecule has 2 aromatic rings. The molecule has 0 atom stereocenters. The Morgan fingerprint density at radius 3 is 2.94 bits per heavy atom. The molecule has 2 aromatic heterocycles. The SMILES string of the molecule is O=C(O)CCc1csc(NCc2cc(Br)cs2)n1. The lowest BCUT2D eigenvalue weighted by Crippen LogP contribution is -1.99. The minimum Gasteiger partial charge on any atom is -0.481 e. The molecule has 0 amide bonds. The molecule has 7 heteroatoms. The van der Waals surface area contributed by atoms with Gasteiger partial charge in [0, 0.05) is 26.5 Å². The number of aliphatic carboxylic acids is 1. The van der Waals surface area contributed by atoms with Crippen LogP contribution in [-0.4, -0.2) is 16.1 Å². The average Bonchev–Trinajstić information content (AvgIpc) is 2.93. The van der Waals surface area contributed by atoms with Crippen molar-refractivity contribution in [2.24, 2.45) is 0 Å². The van der Waals surface area contributed by atoms with Crippen molar-refractivity contribution in [3.8, 4) is 0 Å². The van der Waals surface area contributed by atoms with E-state index < -0.39 is 5.97 Å². The van der Waals surface area contributed by atoms with Crippen LogP contribution in [0.5, 0.6) is 0 Å². The molecule has 2 rings (SSSR count). The zero-order valence-corrected chi connectivity index (χ0v) is 12.6. The Kier molecular flexibility index (Phi) is 4.73. The second-order valence-electron chi connectivity index (χ2n) is 3.62. The van der Waals surface area contributed by atoms with Gasteiger partial charge >= 0.3 is 5.97 Å². The Morgan fingerprint density at radius 2 is 2.28 bits per heavy atom. The molecule has 0 aromatic carbocycles. The summed E-state index contributed by atoms with van der Waals surface area (Å²) in [4.78, 5) is 16.0. The molecule has 0 fully saturated rings. The number of halogens is 1. The number of anilines is 1. The van der Waals surface area contributed by atoms with Gasteiger partial charge in [0.2, 0.25) is 0 Å². The summed E-state index contributed by atoms with van der Waals surface area (Å²) in [7, 11) is 0. The van der Waals surface area contributed by atoms with Gasteiger partial charge in [-0.05, 0) is 22.0 Å². The van der Waals surface area contributed by atoms with Gasteiger partial charge in [0.15, 0.2) is 5.13 Å². The van der Waals surface area contributed by atoms with Gasteiger partial charge < -0.3 is 10.4 Å². The molecule has 0 aliphatic rings. The Morgan fingerprint density at radius 1 is 1.44 bits per heavy atom. The van der Waals surface area contributed by atoms with E-state index in [2.05, 4.69) is 32.3 Å². The van der Waals surface area contributed by atoms with E-state index in [4.69, 9.17) is 5.11 Å². The lowest BCUT2D eigenvalue weighted by atomic mass is 10.2. The van der Waals surface area contributed by atoms with Crippen LogP contribution < -0.4 is 5.32 Å². The van der Waals surface area contributed by atoms with E-state index in [-0.39, 0.29) is 6.42 Å². The predicted molar refractivity (Wildman–Crippen MR) is 77.4 cm³/mol. The van der Waals surface area contributed by atoms with Crippen LogP contribution in [0.2, 0.25) is 0 Å². The van der Waals surface area contributed by atoms with Crippen LogP contribution in [0.25, 0.3) is 0 Å². The van der Waals surface area contributed by atoms with Gasteiger partial charge in [-0.2, -0.15) is 0 Å². The lowest BCUT2D eigenvalue weighted by molar-refractivity contribution is -0.136. The van der Waals surface area contributed by atoms with E-state index in [1.54, 1.807) is 11.3 Å². The Bertz CT molecular complexity index is 539. The summed E-state index contributed by atoms with van der Waals surface area (Å²) in [5.74, 6) is -0.791. The van der Waals surface area contributed by atoms with E-state index in [0.29, 0.717) is 6.42 Å². The number of hydrogen-bond donors (Lipinski definition) is 2. The fourth-order valence-electron chi connectivity index (χ4n) is 1.35. The Balaban J connectivity index is 1.84. The molecule has 96 valence electrons. The molecule has 0 saturated carbocycles. The summed E-state index contributed by atoms with van der Waals surface area (Å²) < 4.78 is 1.09. The minimum atomic E-state index is -0.791. The number of nitrogens with one attached hydrogen (secondary N) is 1. The number of thiazole rings is 1. The van der Waals surface area contributed by atoms with E-state index in [9.17, 15) is 4.79 Å². The molecule has 0 spiro atoms. The molecule has 2 heterocycles. The van der Waals surface area contributed by atoms with Crippen LogP contribution in [0.3, 0.4) is 0 Å². The van der Waals surface area contributed by atoms with Gasteiger partial charge in [-0.3, -0.25) is 4.79 Å². The first kappa shape index (κ1) is 13.5. The standard InChI is InChI=1S/C11H11BrN2O2S2/c12-7-3-9(17-5-7)4-13-11-14-8(6-18-11)1-2-10(15)16/h3,5-6H,1-2,4H2,(H,13,14)(H,15,16). The van der Waals surface area contributed by atoms with Crippen LogP contribution in [-0.2, 0) is 17.8 Å². The molecular weight excluding hydrogens is 336 g/mol. The third kappa shape index (κ3) is 4.08. The first-order valence-electron chi connectivity index (χ1n) is 5.26. The van der Waals surface area contributed by atoms with Gasteiger partial charge in [0.1, 0.15) is 0 Å². The second-order valence-corrected chi connectivity index (χ2v) is 6.39. The van der Waals surface area contributed by atoms with Crippen LogP contribution in [0, 0.1) is 0 Å². The highest BCUT2D eigenvalue weighted by molar-refractivity contribution is 9.10. The van der Waals surface area contributed by atoms with Crippen molar-refractivity contribution in [3.63, 3.8) is 0 Å². The van der Waals surface area contributed by atoms with Gasteiger partial charge in [-0.25, -0.2) is 4.98 Å². The normalized spacial score (nSPS) is 10.5. The number of nitrogens with zero attached hydrogens (tertiary/aromatic N) is 1. The third-order valence-corrected chi connectivity index (χ3v) is 4.73. The minimum absolute atomic E-state index is 0.126. The van der Waals surface area contributed by atoms with Gasteiger partial charge in [0.25, 0.3) is 0 Å². The summed E-state index contributed by atoms with van der Waals surface area (Å²) in [5, 5.41) is 16.6. The van der Waals surface area contributed by atoms with Crippen molar-refractivity contribution >= 4 is 49.7 Å². The first-order chi connectivity index (χ1) is 8.63. The maximum atomic E-state index is 10.4. The number of thiophene rings is 1. The highest BCUT2D eigenvalue weighted by Gasteiger charge is 2.05. The third-order valence-electron chi connectivity index (χ3n) is 2.18. The average molecular weight is 347 g/mol. The molecule has 0 unspecified atom stereocenters. The maximum Gasteiger partial charge on any atom is 0.303 e. The van der Waals surface area contributed by atoms with E-state index in [1.165, 1.54) is 16.2 Å². The summed E-state index contributed by atoms with van der Waals surface area (Å²) in [5.41, 5.74) is 0.831. The van der Waals surface area contributed by atoms with Crippen molar-refractivity contribution in [2.75, 3.05) is 5.32 Å². The van der Waals surface area contributed by atoms with Crippen molar-refractivity contribution in [1.29, 1.82) is 0 Å². The summed E-state index contributed by atoms with van der Waals surface area (Å²) in [6, 6.07) is 2.07. The smallest absolute Gasteiger partial charge is 0.303 e. The van der Waals surface area contributed by atoms with Crippen molar-refractivity contribution < 1.29 is 9.90 Å². The fraction of sp³-hybridized carbons (Fsp3) is 0.273. The van der Waals surface area contributed by atoms with E-state index >= 15 is 0 Å². The van der Waals surface area contributed by atoms with Gasteiger partial charge in [-0.1, -0.05) is 0 Å². The number of carboxylic acid groups (broad SMARTS) is 1. The summed E-state index contributed by atoms with van der Waals surface area (Å²) in [6.45, 7) is 0.738. The van der Waals surface area contributed by atoms with Gasteiger partial charge in [0.05, 0.1) is 18.7 Å². The van der Waals surface area contributed by atoms with E-state index in [1.807, 2.05) is 10.8 Å². The number of aryl methyl sites for hydroxylation is 1. The Labute approximate surface area is 121 Å². The monoisotopic (exact) mass is 346 g/mol. The highest BCUT2D eigenvalue weighted by Crippen LogP contribution is 2.22. The fourth-order valence-corrected chi connectivity index (χ4v) is 3.48. The quantitative estimate of drug-likeness (QED) is 0.838. The van der Waals surface area contributed by atoms with Crippen LogP contribution in [0.1, 0.15) is 17.0 Å². The molecule has 0 saturated heterocycles. The van der Waals surface area contributed by atoms with Crippen LogP contribution >= 0.6 is 38.6 Å². The number of hydrogen-bond acceptors (Lipinski definition) is 5. The molecule has 18 heavy (non-hydrogen) atoms. The maximum absolute atomic E-state index is 10.4. The van der Waals surface area contributed by atoms with Crippen LogP contribution in [0.15, 0.2) is 21.3 Å². The number of rotatable bonds is 6. The largest absolute Gasteiger partial charge is 0.481 e. The lowest BCUT2D eigenvalue weighted by Gasteiger charge is -1.98. The number of carbonyl (C=O) groups is 1. The topological polar surface area (TPSA) is 62.2 Å². The second kappa shape index (κ2) is 6.31. The van der Waals surface area contributed by atoms with Crippen LogP contribution in [0.4, 0.5) is 5.13 Å². The van der Waals surface area contributed by atoms with Gasteiger partial charge in [-0.15, -0.1) is 22.7 Å². The molecule has 2 N–H and O–H groups in total. The Hall–Kier alpha value is -0.920.